The monoisotopic (exact) mass is 465 g/mol. The zero-order chi connectivity index (χ0) is 24.2. The maximum atomic E-state index is 12.9. The third kappa shape index (κ3) is 7.11. The van der Waals surface area contributed by atoms with E-state index >= 15 is 0 Å². The maximum absolute atomic E-state index is 12.9. The van der Waals surface area contributed by atoms with Gasteiger partial charge in [-0.2, -0.15) is 26.3 Å². The summed E-state index contributed by atoms with van der Waals surface area (Å²) in [4.78, 5) is 0. The molecule has 0 aliphatic carbocycles. The van der Waals surface area contributed by atoms with E-state index in [0.717, 1.165) is 5.56 Å². The highest BCUT2D eigenvalue weighted by Crippen LogP contribution is 2.36. The van der Waals surface area contributed by atoms with Gasteiger partial charge < -0.3 is 20.7 Å². The summed E-state index contributed by atoms with van der Waals surface area (Å²) >= 11 is 0. The Kier molecular flexibility index (Phi) is 8.19. The molecule has 0 aliphatic rings. The molecule has 32 heavy (non-hydrogen) atoms. The summed E-state index contributed by atoms with van der Waals surface area (Å²) in [6.45, 7) is 0.681. The highest BCUT2D eigenvalue weighted by molar-refractivity contribution is 5.34. The molecule has 0 radical (unpaired) electrons. The molecule has 0 aliphatic heterocycles. The molecule has 0 bridgehead atoms. The van der Waals surface area contributed by atoms with Crippen LogP contribution in [0.25, 0.3) is 0 Å². The minimum atomic E-state index is -4.91. The third-order valence-corrected chi connectivity index (χ3v) is 5.21. The Morgan fingerprint density at radius 1 is 0.906 bits per heavy atom. The van der Waals surface area contributed by atoms with E-state index in [1.807, 2.05) is 0 Å². The van der Waals surface area contributed by atoms with E-state index in [4.69, 9.17) is 10.5 Å². The minimum Gasteiger partial charge on any atom is -0.489 e. The summed E-state index contributed by atoms with van der Waals surface area (Å²) in [5, 5.41) is 19.0. The van der Waals surface area contributed by atoms with Gasteiger partial charge in [0.05, 0.1) is 29.4 Å². The van der Waals surface area contributed by atoms with Crippen molar-refractivity contribution in [1.29, 1.82) is 0 Å². The van der Waals surface area contributed by atoms with E-state index in [9.17, 15) is 36.6 Å². The van der Waals surface area contributed by atoms with E-state index in [0.29, 0.717) is 31.4 Å². The Balaban J connectivity index is 2.01. The number of nitrogens with two attached hydrogens (primary N) is 1. The van der Waals surface area contributed by atoms with Crippen LogP contribution in [0.15, 0.2) is 42.5 Å². The first-order valence-corrected chi connectivity index (χ1v) is 9.82. The number of rotatable bonds is 9. The molecule has 2 rings (SSSR count). The second-order valence-electron chi connectivity index (χ2n) is 7.77. The molecule has 0 spiro atoms. The van der Waals surface area contributed by atoms with E-state index < -0.39 is 41.7 Å². The van der Waals surface area contributed by atoms with Crippen molar-refractivity contribution in [3.05, 3.63) is 64.7 Å². The lowest BCUT2D eigenvalue weighted by Gasteiger charge is -2.30. The van der Waals surface area contributed by atoms with Gasteiger partial charge in [0.25, 0.3) is 0 Å². The molecular formula is C22H25F6NO3. The van der Waals surface area contributed by atoms with Crippen molar-refractivity contribution < 1.29 is 41.3 Å². The average Bonchev–Trinajstić information content (AvgIpc) is 2.71. The smallest absolute Gasteiger partial charge is 0.416 e. The van der Waals surface area contributed by atoms with Crippen molar-refractivity contribution in [3.8, 4) is 5.75 Å². The highest BCUT2D eigenvalue weighted by atomic mass is 19.4. The Morgan fingerprint density at radius 3 is 1.88 bits per heavy atom. The van der Waals surface area contributed by atoms with Crippen LogP contribution < -0.4 is 10.5 Å². The number of aliphatic hydroxyl groups excluding tert-OH is 2. The number of halogens is 6. The molecule has 2 unspecified atom stereocenters. The number of hydrogen-bond donors (Lipinski definition) is 3. The van der Waals surface area contributed by atoms with Gasteiger partial charge in [0.1, 0.15) is 12.4 Å². The molecule has 0 amide bonds. The van der Waals surface area contributed by atoms with Gasteiger partial charge in [-0.05, 0) is 67.6 Å². The summed E-state index contributed by atoms with van der Waals surface area (Å²) in [6.07, 6.45) is -9.14. The first-order chi connectivity index (χ1) is 14.7. The van der Waals surface area contributed by atoms with Gasteiger partial charge in [-0.25, -0.2) is 0 Å². The number of aryl methyl sites for hydroxylation is 1. The molecule has 2 aromatic carbocycles. The molecule has 0 aromatic heterocycles. The molecule has 0 saturated heterocycles. The van der Waals surface area contributed by atoms with Crippen molar-refractivity contribution in [3.63, 3.8) is 0 Å². The molecule has 0 saturated carbocycles. The summed E-state index contributed by atoms with van der Waals surface area (Å²) in [5.41, 5.74) is 2.70. The lowest BCUT2D eigenvalue weighted by atomic mass is 9.88. The zero-order valence-corrected chi connectivity index (χ0v) is 17.3. The highest BCUT2D eigenvalue weighted by Gasteiger charge is 2.37. The van der Waals surface area contributed by atoms with Gasteiger partial charge in [-0.1, -0.05) is 12.1 Å². The van der Waals surface area contributed by atoms with Crippen LogP contribution in [0.5, 0.6) is 5.75 Å². The van der Waals surface area contributed by atoms with Crippen LogP contribution >= 0.6 is 0 Å². The van der Waals surface area contributed by atoms with Crippen LogP contribution in [-0.4, -0.2) is 28.5 Å². The predicted octanol–water partition coefficient (Wildman–Crippen LogP) is 4.70. The fourth-order valence-electron chi connectivity index (χ4n) is 3.06. The lowest BCUT2D eigenvalue weighted by Crippen LogP contribution is -2.52. The molecule has 10 heteroatoms. The molecule has 178 valence electrons. The number of aliphatic hydroxyl groups is 2. The van der Waals surface area contributed by atoms with Gasteiger partial charge in [-0.15, -0.1) is 0 Å². The first-order valence-electron chi connectivity index (χ1n) is 9.82. The first kappa shape index (κ1) is 26.0. The Labute approximate surface area is 181 Å². The number of hydrogen-bond acceptors (Lipinski definition) is 4. The van der Waals surface area contributed by atoms with E-state index in [1.54, 1.807) is 24.3 Å². The summed E-state index contributed by atoms with van der Waals surface area (Å²) in [5.74, 6) is 0.284. The van der Waals surface area contributed by atoms with Gasteiger partial charge in [0.15, 0.2) is 0 Å². The maximum Gasteiger partial charge on any atom is 0.416 e. The number of benzene rings is 2. The number of alkyl halides is 6. The zero-order valence-electron chi connectivity index (χ0n) is 17.3. The van der Waals surface area contributed by atoms with Crippen LogP contribution in [0.2, 0.25) is 0 Å². The molecule has 2 aromatic rings. The Hall–Kier alpha value is -2.30. The quantitative estimate of drug-likeness (QED) is 0.470. The third-order valence-electron chi connectivity index (χ3n) is 5.21. The van der Waals surface area contributed by atoms with Crippen LogP contribution in [0.1, 0.15) is 42.0 Å². The average molecular weight is 465 g/mol. The minimum absolute atomic E-state index is 0.0721. The van der Waals surface area contributed by atoms with E-state index in [-0.39, 0.29) is 24.0 Å². The second kappa shape index (κ2) is 10.1. The van der Waals surface area contributed by atoms with Crippen LogP contribution in [0, 0.1) is 0 Å². The molecule has 4 N–H and O–H groups in total. The van der Waals surface area contributed by atoms with Crippen LogP contribution in [-0.2, 0) is 25.4 Å². The van der Waals surface area contributed by atoms with Crippen molar-refractivity contribution in [1.82, 2.24) is 0 Å². The Morgan fingerprint density at radius 2 is 1.44 bits per heavy atom. The van der Waals surface area contributed by atoms with Gasteiger partial charge in [0, 0.05) is 0 Å². The SMILES string of the molecule is CC(O)C(N)(CO)CCCc1ccc(OCc2cc(C(F)(F)F)cc(C(F)(F)F)c2)cc1. The van der Waals surface area contributed by atoms with Crippen molar-refractivity contribution in [2.45, 2.75) is 56.8 Å². The van der Waals surface area contributed by atoms with Crippen molar-refractivity contribution in [2.24, 2.45) is 5.73 Å². The van der Waals surface area contributed by atoms with Gasteiger partial charge >= 0.3 is 12.4 Å². The van der Waals surface area contributed by atoms with Crippen LogP contribution in [0.3, 0.4) is 0 Å². The fraction of sp³-hybridized carbons (Fsp3) is 0.455. The molecule has 2 atom stereocenters. The van der Waals surface area contributed by atoms with Gasteiger partial charge in [0.2, 0.25) is 0 Å². The fourth-order valence-corrected chi connectivity index (χ4v) is 3.06. The molecular weight excluding hydrogens is 440 g/mol. The Bertz CT molecular complexity index is 848. The van der Waals surface area contributed by atoms with E-state index in [1.165, 1.54) is 6.92 Å². The summed E-state index contributed by atoms with van der Waals surface area (Å²) in [7, 11) is 0. The second-order valence-corrected chi connectivity index (χ2v) is 7.77. The van der Waals surface area contributed by atoms with Crippen molar-refractivity contribution in [2.75, 3.05) is 6.61 Å². The van der Waals surface area contributed by atoms with Crippen LogP contribution in [0.4, 0.5) is 26.3 Å². The molecule has 4 nitrogen and oxygen atoms in total. The predicted molar refractivity (Wildman–Crippen MR) is 106 cm³/mol. The van der Waals surface area contributed by atoms with Gasteiger partial charge in [-0.3, -0.25) is 0 Å². The summed E-state index contributed by atoms with van der Waals surface area (Å²) < 4.78 is 83.0. The van der Waals surface area contributed by atoms with E-state index in [2.05, 4.69) is 0 Å². The molecule has 0 heterocycles. The summed E-state index contributed by atoms with van der Waals surface area (Å²) in [6, 6.07) is 7.87. The van der Waals surface area contributed by atoms with Crippen molar-refractivity contribution >= 4 is 0 Å². The standard InChI is InChI=1S/C22H25F6NO3/c1-14(31)20(29,13-30)8-2-3-15-4-6-19(7-5-15)32-12-16-9-17(21(23,24)25)11-18(10-16)22(26,27)28/h4-7,9-11,14,30-31H,2-3,8,12-13,29H2,1H3. The lowest BCUT2D eigenvalue weighted by molar-refractivity contribution is -0.143. The topological polar surface area (TPSA) is 75.7 Å². The molecule has 0 fully saturated rings. The number of ether oxygens (including phenoxy) is 1. The normalized spacial score (nSPS) is 15.3. The largest absolute Gasteiger partial charge is 0.489 e.